The second-order valence-electron chi connectivity index (χ2n) is 2.11. The van der Waals surface area contributed by atoms with Crippen LogP contribution in [0.1, 0.15) is 5.56 Å². The average molecular weight is 269 g/mol. The van der Waals surface area contributed by atoms with E-state index >= 15 is 0 Å². The number of halogens is 6. The molecule has 0 spiro atoms. The Morgan fingerprint density at radius 3 is 1.64 bits per heavy atom. The Bertz CT molecular complexity index is 253. The summed E-state index contributed by atoms with van der Waals surface area (Å²) in [4.78, 5) is 0. The van der Waals surface area contributed by atoms with Crippen LogP contribution in [0.15, 0.2) is 24.3 Å². The van der Waals surface area contributed by atoms with Crippen molar-refractivity contribution < 1.29 is 15.5 Å². The Labute approximate surface area is 91.3 Å². The lowest BCUT2D eigenvalue weighted by molar-refractivity contribution is 0.543. The molecule has 14 heavy (non-hydrogen) atoms. The van der Waals surface area contributed by atoms with Crippen LogP contribution in [0.5, 0.6) is 0 Å². The van der Waals surface area contributed by atoms with Crippen molar-refractivity contribution in [2.75, 3.05) is 0 Å². The molecule has 1 aromatic rings. The molecule has 0 aliphatic carbocycles. The SMILES string of the molecule is ClCc1ccc(Cl)cc1.FS(F)(F)F. The van der Waals surface area contributed by atoms with Crippen LogP contribution in [0.25, 0.3) is 0 Å². The van der Waals surface area contributed by atoms with E-state index in [0.29, 0.717) is 5.88 Å². The molecule has 0 saturated carbocycles. The highest BCUT2D eigenvalue weighted by Crippen LogP contribution is 2.54. The zero-order valence-corrected chi connectivity index (χ0v) is 9.02. The van der Waals surface area contributed by atoms with Crippen molar-refractivity contribution in [1.82, 2.24) is 0 Å². The van der Waals surface area contributed by atoms with Gasteiger partial charge in [0.05, 0.1) is 0 Å². The summed E-state index contributed by atoms with van der Waals surface area (Å²) in [5, 5.41) is 0.754. The van der Waals surface area contributed by atoms with E-state index in [-0.39, 0.29) is 0 Å². The maximum Gasteiger partial charge on any atom is 0.379 e. The number of hydrogen-bond acceptors (Lipinski definition) is 0. The summed E-state index contributed by atoms with van der Waals surface area (Å²) in [6, 6.07) is 7.49. The number of alkyl halides is 1. The van der Waals surface area contributed by atoms with Gasteiger partial charge in [-0.15, -0.1) is 11.6 Å². The Morgan fingerprint density at radius 2 is 1.36 bits per heavy atom. The van der Waals surface area contributed by atoms with Crippen molar-refractivity contribution in [3.8, 4) is 0 Å². The van der Waals surface area contributed by atoms with Crippen molar-refractivity contribution in [3.05, 3.63) is 34.9 Å². The fourth-order valence-corrected chi connectivity index (χ4v) is 0.878. The molecule has 0 radical (unpaired) electrons. The van der Waals surface area contributed by atoms with Gasteiger partial charge in [0.1, 0.15) is 0 Å². The largest absolute Gasteiger partial charge is 0.379 e. The zero-order chi connectivity index (χ0) is 11.2. The fraction of sp³-hybridized carbons (Fsp3) is 0.143. The van der Waals surface area contributed by atoms with Crippen molar-refractivity contribution in [2.24, 2.45) is 0 Å². The number of benzene rings is 1. The maximum absolute atomic E-state index is 9.77. The van der Waals surface area contributed by atoms with E-state index in [1.54, 1.807) is 0 Å². The molecule has 0 amide bonds. The number of rotatable bonds is 1. The molecular formula is C7H6Cl2F4S. The quantitative estimate of drug-likeness (QED) is 0.472. The van der Waals surface area contributed by atoms with Gasteiger partial charge < -0.3 is 0 Å². The molecule has 0 heterocycles. The normalized spacial score (nSPS) is 11.6. The summed E-state index contributed by atoms with van der Waals surface area (Å²) in [5.41, 5.74) is 1.10. The Morgan fingerprint density at radius 1 is 1.00 bits per heavy atom. The summed E-state index contributed by atoms with van der Waals surface area (Å²) in [7, 11) is 0. The molecule has 0 aromatic heterocycles. The van der Waals surface area contributed by atoms with Gasteiger partial charge in [-0.05, 0) is 17.7 Å². The van der Waals surface area contributed by atoms with Crippen LogP contribution in [0.3, 0.4) is 0 Å². The average Bonchev–Trinajstić information content (AvgIpc) is 2.03. The van der Waals surface area contributed by atoms with E-state index in [2.05, 4.69) is 0 Å². The molecule has 0 saturated heterocycles. The third kappa shape index (κ3) is 9.95. The summed E-state index contributed by atoms with van der Waals surface area (Å²) in [5.74, 6) is 0.553. The Balaban J connectivity index is 0.000000292. The van der Waals surface area contributed by atoms with Crippen LogP contribution in [-0.2, 0) is 5.88 Å². The first-order valence-electron chi connectivity index (χ1n) is 3.25. The zero-order valence-electron chi connectivity index (χ0n) is 6.69. The molecule has 7 heteroatoms. The molecule has 0 atom stereocenters. The minimum Gasteiger partial charge on any atom is -0.122 e. The van der Waals surface area contributed by atoms with Crippen LogP contribution < -0.4 is 0 Å². The molecule has 82 valence electrons. The van der Waals surface area contributed by atoms with E-state index in [9.17, 15) is 15.5 Å². The molecule has 0 aliphatic heterocycles. The summed E-state index contributed by atoms with van der Waals surface area (Å²) >= 11 is 5.00. The molecule has 1 rings (SSSR count). The highest BCUT2D eigenvalue weighted by Gasteiger charge is 2.16. The van der Waals surface area contributed by atoms with Gasteiger partial charge in [-0.3, -0.25) is 0 Å². The van der Waals surface area contributed by atoms with Crippen LogP contribution >= 0.6 is 34.8 Å². The van der Waals surface area contributed by atoms with E-state index in [4.69, 9.17) is 23.2 Å². The van der Waals surface area contributed by atoms with Gasteiger partial charge in [0.25, 0.3) is 0 Å². The smallest absolute Gasteiger partial charge is 0.122 e. The summed E-state index contributed by atoms with van der Waals surface area (Å²) in [6.07, 6.45) is 0. The molecule has 0 unspecified atom stereocenters. The van der Waals surface area contributed by atoms with Gasteiger partial charge in [0.15, 0.2) is 0 Å². The van der Waals surface area contributed by atoms with Gasteiger partial charge in [0.2, 0.25) is 0 Å². The van der Waals surface area contributed by atoms with Gasteiger partial charge >= 0.3 is 11.6 Å². The fourth-order valence-electron chi connectivity index (χ4n) is 0.573. The van der Waals surface area contributed by atoms with Crippen molar-refractivity contribution in [3.63, 3.8) is 0 Å². The number of hydrogen-bond donors (Lipinski definition) is 0. The van der Waals surface area contributed by atoms with Crippen molar-refractivity contribution in [1.29, 1.82) is 0 Å². The molecule has 0 nitrogen and oxygen atoms in total. The van der Waals surface area contributed by atoms with Gasteiger partial charge in [0, 0.05) is 10.9 Å². The minimum atomic E-state index is -6.17. The third-order valence-corrected chi connectivity index (χ3v) is 1.63. The van der Waals surface area contributed by atoms with E-state index < -0.39 is 11.6 Å². The lowest BCUT2D eigenvalue weighted by Crippen LogP contribution is -1.73. The van der Waals surface area contributed by atoms with Gasteiger partial charge in [-0.1, -0.05) is 39.3 Å². The third-order valence-electron chi connectivity index (χ3n) is 1.07. The highest BCUT2D eigenvalue weighted by atomic mass is 35.5. The standard InChI is InChI=1S/C7H6Cl2.F4S/c8-5-6-1-3-7(9)4-2-6;1-5(2,3)4/h1-4H,5H2;. The first-order chi connectivity index (χ1) is 6.33. The second kappa shape index (κ2) is 6.37. The van der Waals surface area contributed by atoms with E-state index in [1.165, 1.54) is 0 Å². The molecule has 0 bridgehead atoms. The maximum atomic E-state index is 9.77. The Kier molecular flexibility index (Phi) is 6.31. The van der Waals surface area contributed by atoms with E-state index in [1.807, 2.05) is 24.3 Å². The first-order valence-corrected chi connectivity index (χ1v) is 5.40. The Hall–Kier alpha value is -0.130. The van der Waals surface area contributed by atoms with Crippen LogP contribution in [0, 0.1) is 0 Å². The van der Waals surface area contributed by atoms with Crippen molar-refractivity contribution >= 4 is 34.8 Å². The van der Waals surface area contributed by atoms with Crippen molar-refractivity contribution in [2.45, 2.75) is 5.88 Å². The molecule has 0 fully saturated rings. The van der Waals surface area contributed by atoms with Gasteiger partial charge in [-0.2, -0.15) is 0 Å². The van der Waals surface area contributed by atoms with Crippen LogP contribution in [0.4, 0.5) is 15.5 Å². The summed E-state index contributed by atoms with van der Waals surface area (Å²) < 4.78 is 39.1. The summed E-state index contributed by atoms with van der Waals surface area (Å²) in [6.45, 7) is 0. The minimum absolute atomic E-state index is 0.553. The van der Waals surface area contributed by atoms with Gasteiger partial charge in [-0.25, -0.2) is 0 Å². The van der Waals surface area contributed by atoms with Crippen LogP contribution in [0.2, 0.25) is 5.02 Å². The van der Waals surface area contributed by atoms with E-state index in [0.717, 1.165) is 10.6 Å². The molecule has 1 aromatic carbocycles. The molecular weight excluding hydrogens is 263 g/mol. The topological polar surface area (TPSA) is 0 Å². The predicted octanol–water partition coefficient (Wildman–Crippen LogP) is 5.41. The molecule has 0 aliphatic rings. The first kappa shape index (κ1) is 13.9. The predicted molar refractivity (Wildman–Crippen MR) is 53.0 cm³/mol. The monoisotopic (exact) mass is 268 g/mol. The molecule has 0 N–H and O–H groups in total. The second-order valence-corrected chi connectivity index (χ2v) is 3.51. The highest BCUT2D eigenvalue weighted by molar-refractivity contribution is 8.16. The lowest BCUT2D eigenvalue weighted by Gasteiger charge is -1.91. The van der Waals surface area contributed by atoms with Crippen LogP contribution in [-0.4, -0.2) is 0 Å². The lowest BCUT2D eigenvalue weighted by atomic mass is 10.2.